The largest absolute Gasteiger partial charge is 0.333 e. The van der Waals surface area contributed by atoms with Gasteiger partial charge < -0.3 is 10.2 Å². The molecule has 108 valence electrons. The number of carbonyl (C=O) groups is 2. The van der Waals surface area contributed by atoms with Crippen molar-refractivity contribution in [2.24, 2.45) is 0 Å². The van der Waals surface area contributed by atoms with Gasteiger partial charge >= 0.3 is 0 Å². The summed E-state index contributed by atoms with van der Waals surface area (Å²) >= 11 is 0. The van der Waals surface area contributed by atoms with Crippen LogP contribution in [0.4, 0.5) is 5.82 Å². The highest BCUT2D eigenvalue weighted by Crippen LogP contribution is 2.27. The molecule has 2 amide bonds. The van der Waals surface area contributed by atoms with Gasteiger partial charge in [-0.25, -0.2) is 0 Å². The average Bonchev–Trinajstić information content (AvgIpc) is 3.01. The van der Waals surface area contributed by atoms with Crippen LogP contribution >= 0.6 is 0 Å². The van der Waals surface area contributed by atoms with Crippen molar-refractivity contribution >= 4 is 17.6 Å². The Morgan fingerprint density at radius 3 is 2.76 bits per heavy atom. The van der Waals surface area contributed by atoms with Crippen LogP contribution in [0.2, 0.25) is 0 Å². The fourth-order valence-electron chi connectivity index (χ4n) is 2.47. The number of amides is 2. The van der Waals surface area contributed by atoms with Crippen molar-refractivity contribution in [2.45, 2.75) is 26.9 Å². The van der Waals surface area contributed by atoms with Crippen LogP contribution < -0.4 is 5.32 Å². The smallest absolute Gasteiger partial charge is 0.257 e. The van der Waals surface area contributed by atoms with E-state index in [0.29, 0.717) is 24.5 Å². The van der Waals surface area contributed by atoms with Crippen LogP contribution in [0.15, 0.2) is 24.3 Å². The summed E-state index contributed by atoms with van der Waals surface area (Å²) in [6.07, 6.45) is 0. The topological polar surface area (TPSA) is 78.1 Å². The maximum Gasteiger partial charge on any atom is 0.257 e. The van der Waals surface area contributed by atoms with Crippen LogP contribution in [0.3, 0.4) is 0 Å². The number of hydrogen-bond donors (Lipinski definition) is 2. The van der Waals surface area contributed by atoms with E-state index in [9.17, 15) is 9.59 Å². The maximum atomic E-state index is 12.3. The molecule has 0 radical (unpaired) electrons. The van der Waals surface area contributed by atoms with Crippen molar-refractivity contribution in [3.8, 4) is 0 Å². The minimum absolute atomic E-state index is 0.00998. The van der Waals surface area contributed by atoms with Crippen molar-refractivity contribution in [1.29, 1.82) is 0 Å². The van der Waals surface area contributed by atoms with E-state index in [-0.39, 0.29) is 11.8 Å². The molecule has 1 aliphatic heterocycles. The third kappa shape index (κ3) is 2.40. The molecule has 2 heterocycles. The standard InChI is InChI=1S/C15H16N4O2/c1-9-5-3-4-6-11(9)15(21)16-14-12-7-19(10(2)20)8-13(12)17-18-14/h3-6H,7-8H2,1-2H3,(H2,16,17,18,21). The van der Waals surface area contributed by atoms with Crippen LogP contribution in [-0.2, 0) is 17.9 Å². The highest BCUT2D eigenvalue weighted by molar-refractivity contribution is 6.05. The molecule has 21 heavy (non-hydrogen) atoms. The molecule has 2 aromatic rings. The molecule has 0 saturated carbocycles. The summed E-state index contributed by atoms with van der Waals surface area (Å²) in [4.78, 5) is 25.4. The summed E-state index contributed by atoms with van der Waals surface area (Å²) in [7, 11) is 0. The number of carbonyl (C=O) groups excluding carboxylic acids is 2. The van der Waals surface area contributed by atoms with Crippen LogP contribution in [0.25, 0.3) is 0 Å². The molecule has 1 aromatic heterocycles. The van der Waals surface area contributed by atoms with E-state index < -0.39 is 0 Å². The lowest BCUT2D eigenvalue weighted by atomic mass is 10.1. The zero-order chi connectivity index (χ0) is 15.0. The van der Waals surface area contributed by atoms with Crippen LogP contribution in [0, 0.1) is 6.92 Å². The Labute approximate surface area is 122 Å². The Kier molecular flexibility index (Phi) is 3.21. The molecule has 1 aromatic carbocycles. The molecule has 2 N–H and O–H groups in total. The molecule has 3 rings (SSSR count). The van der Waals surface area contributed by atoms with Gasteiger partial charge in [-0.1, -0.05) is 18.2 Å². The number of H-pyrrole nitrogens is 1. The normalized spacial score (nSPS) is 13.1. The van der Waals surface area contributed by atoms with Crippen LogP contribution in [0.1, 0.15) is 34.1 Å². The molecule has 0 saturated heterocycles. The third-order valence-corrected chi connectivity index (χ3v) is 3.72. The summed E-state index contributed by atoms with van der Waals surface area (Å²) in [5.41, 5.74) is 3.29. The molecular formula is C15H16N4O2. The van der Waals surface area contributed by atoms with Gasteiger partial charge in [0.25, 0.3) is 5.91 Å². The van der Waals surface area contributed by atoms with E-state index in [1.54, 1.807) is 11.0 Å². The SMILES string of the molecule is CC(=O)N1Cc2[nH]nc(NC(=O)c3ccccc3C)c2C1. The molecule has 0 aliphatic carbocycles. The van der Waals surface area contributed by atoms with Gasteiger partial charge in [0.05, 0.1) is 18.8 Å². The average molecular weight is 284 g/mol. The summed E-state index contributed by atoms with van der Waals surface area (Å²) in [6.45, 7) is 4.41. The molecule has 6 heteroatoms. The second-order valence-corrected chi connectivity index (χ2v) is 5.17. The van der Waals surface area contributed by atoms with E-state index in [4.69, 9.17) is 0 Å². The van der Waals surface area contributed by atoms with E-state index in [1.807, 2.05) is 25.1 Å². The van der Waals surface area contributed by atoms with Crippen LogP contribution in [0.5, 0.6) is 0 Å². The predicted molar refractivity (Wildman–Crippen MR) is 77.6 cm³/mol. The van der Waals surface area contributed by atoms with Gasteiger partial charge in [0.1, 0.15) is 0 Å². The Morgan fingerprint density at radius 1 is 1.29 bits per heavy atom. The van der Waals surface area contributed by atoms with Crippen molar-refractivity contribution in [3.05, 3.63) is 46.6 Å². The lowest BCUT2D eigenvalue weighted by Crippen LogP contribution is -2.23. The number of nitrogens with zero attached hydrogens (tertiary/aromatic N) is 2. The first kappa shape index (κ1) is 13.4. The number of hydrogen-bond acceptors (Lipinski definition) is 3. The Bertz CT molecular complexity index is 720. The summed E-state index contributed by atoms with van der Waals surface area (Å²) in [5, 5.41) is 9.84. The van der Waals surface area contributed by atoms with Gasteiger partial charge in [0.2, 0.25) is 5.91 Å². The zero-order valence-electron chi connectivity index (χ0n) is 11.9. The monoisotopic (exact) mass is 284 g/mol. The van der Waals surface area contributed by atoms with Crippen LogP contribution in [-0.4, -0.2) is 26.9 Å². The second-order valence-electron chi connectivity index (χ2n) is 5.17. The molecule has 0 atom stereocenters. The van der Waals surface area contributed by atoms with Gasteiger partial charge in [-0.05, 0) is 18.6 Å². The van der Waals surface area contributed by atoms with E-state index in [2.05, 4.69) is 15.5 Å². The summed E-state index contributed by atoms with van der Waals surface area (Å²) < 4.78 is 0. The highest BCUT2D eigenvalue weighted by atomic mass is 16.2. The fraction of sp³-hybridized carbons (Fsp3) is 0.267. The lowest BCUT2D eigenvalue weighted by Gasteiger charge is -2.12. The van der Waals surface area contributed by atoms with E-state index >= 15 is 0 Å². The molecule has 0 bridgehead atoms. The van der Waals surface area contributed by atoms with Crippen molar-refractivity contribution in [2.75, 3.05) is 5.32 Å². The first-order chi connectivity index (χ1) is 10.1. The van der Waals surface area contributed by atoms with Gasteiger partial charge in [-0.3, -0.25) is 14.7 Å². The Hall–Kier alpha value is -2.63. The number of rotatable bonds is 2. The molecule has 0 unspecified atom stereocenters. The van der Waals surface area contributed by atoms with Crippen molar-refractivity contribution in [1.82, 2.24) is 15.1 Å². The molecule has 1 aliphatic rings. The molecule has 0 spiro atoms. The third-order valence-electron chi connectivity index (χ3n) is 3.72. The minimum atomic E-state index is -0.191. The van der Waals surface area contributed by atoms with Gasteiger partial charge in [-0.2, -0.15) is 5.10 Å². The van der Waals surface area contributed by atoms with E-state index in [1.165, 1.54) is 6.92 Å². The number of aromatic amines is 1. The second kappa shape index (κ2) is 5.05. The zero-order valence-corrected chi connectivity index (χ0v) is 11.9. The highest BCUT2D eigenvalue weighted by Gasteiger charge is 2.27. The molecule has 6 nitrogen and oxygen atoms in total. The molecule has 0 fully saturated rings. The maximum absolute atomic E-state index is 12.3. The number of aryl methyl sites for hydroxylation is 1. The van der Waals surface area contributed by atoms with Gasteiger partial charge in [0.15, 0.2) is 5.82 Å². The minimum Gasteiger partial charge on any atom is -0.333 e. The first-order valence-electron chi connectivity index (χ1n) is 6.75. The van der Waals surface area contributed by atoms with Crippen molar-refractivity contribution < 1.29 is 9.59 Å². The predicted octanol–water partition coefficient (Wildman–Crippen LogP) is 1.83. The quantitative estimate of drug-likeness (QED) is 0.883. The number of anilines is 1. The van der Waals surface area contributed by atoms with Gasteiger partial charge in [-0.15, -0.1) is 0 Å². The Morgan fingerprint density at radius 2 is 2.05 bits per heavy atom. The first-order valence-corrected chi connectivity index (χ1v) is 6.75. The fourth-order valence-corrected chi connectivity index (χ4v) is 2.47. The number of fused-ring (bicyclic) bond motifs is 1. The number of benzene rings is 1. The van der Waals surface area contributed by atoms with Crippen molar-refractivity contribution in [3.63, 3.8) is 0 Å². The van der Waals surface area contributed by atoms with Gasteiger partial charge in [0, 0.05) is 18.1 Å². The summed E-state index contributed by atoms with van der Waals surface area (Å²) in [6, 6.07) is 7.39. The molecular weight excluding hydrogens is 268 g/mol. The van der Waals surface area contributed by atoms with E-state index in [0.717, 1.165) is 16.8 Å². The number of aromatic nitrogens is 2. The number of nitrogens with one attached hydrogen (secondary N) is 2. The lowest BCUT2D eigenvalue weighted by molar-refractivity contribution is -0.129. The summed E-state index contributed by atoms with van der Waals surface area (Å²) in [5.74, 6) is 0.321. The Balaban J connectivity index is 1.81.